The smallest absolute Gasteiger partial charge is 0.341 e. The third kappa shape index (κ3) is 20.5. The summed E-state index contributed by atoms with van der Waals surface area (Å²) in [5.41, 5.74) is 1.36. The highest BCUT2D eigenvalue weighted by Gasteiger charge is 2.34. The largest absolute Gasteiger partial charge is 0.462 e. The molecule has 0 radical (unpaired) electrons. The van der Waals surface area contributed by atoms with Crippen LogP contribution >= 0.6 is 11.3 Å². The van der Waals surface area contributed by atoms with Gasteiger partial charge in [0, 0.05) is 24.3 Å². The number of nitrogens with zero attached hydrogens (tertiary/aromatic N) is 1. The van der Waals surface area contributed by atoms with Gasteiger partial charge >= 0.3 is 5.97 Å². The summed E-state index contributed by atoms with van der Waals surface area (Å²) in [6.45, 7) is 7.92. The van der Waals surface area contributed by atoms with E-state index >= 15 is 0 Å². The molecule has 0 unspecified atom stereocenters. The fraction of sp³-hybridized carbons (Fsp3) is 0.674. The summed E-state index contributed by atoms with van der Waals surface area (Å²) in [7, 11) is 0. The van der Waals surface area contributed by atoms with E-state index in [0.717, 1.165) is 107 Å². The highest BCUT2D eigenvalue weighted by atomic mass is 32.1. The number of unbranched alkanes of at least 4 members (excludes halogenated alkanes) is 16. The van der Waals surface area contributed by atoms with Crippen molar-refractivity contribution < 1.29 is 19.1 Å². The Morgan fingerprint density at radius 3 is 1.55 bits per heavy atom. The van der Waals surface area contributed by atoms with Gasteiger partial charge in [-0.05, 0) is 103 Å². The third-order valence-electron chi connectivity index (χ3n) is 9.77. The lowest BCUT2D eigenvalue weighted by Gasteiger charge is -2.21. The van der Waals surface area contributed by atoms with Crippen molar-refractivity contribution in [2.45, 2.75) is 188 Å². The first kappa shape index (κ1) is 46.4. The molecule has 0 fully saturated rings. The summed E-state index contributed by atoms with van der Waals surface area (Å²) in [4.78, 5) is 43.3. The number of ether oxygens (including phenoxy) is 1. The van der Waals surface area contributed by atoms with Gasteiger partial charge in [0.15, 0.2) is 0 Å². The van der Waals surface area contributed by atoms with Crippen LogP contribution in [0.25, 0.3) is 0 Å². The molecule has 6 nitrogen and oxygen atoms in total. The molecule has 0 saturated heterocycles. The van der Waals surface area contributed by atoms with Gasteiger partial charge in [0.1, 0.15) is 5.00 Å². The molecule has 0 spiro atoms. The number of rotatable bonds is 31. The van der Waals surface area contributed by atoms with Crippen molar-refractivity contribution in [3.63, 3.8) is 0 Å². The third-order valence-corrected chi connectivity index (χ3v) is 11.0. The average Bonchev–Trinajstić information content (AvgIpc) is 3.54. The van der Waals surface area contributed by atoms with Crippen LogP contribution in [0.15, 0.2) is 48.6 Å². The first-order valence-corrected chi connectivity index (χ1v) is 22.3. The highest BCUT2D eigenvalue weighted by Crippen LogP contribution is 2.39. The average molecular weight is 751 g/mol. The number of hydrogen-bond acceptors (Lipinski definition) is 6. The van der Waals surface area contributed by atoms with Crippen LogP contribution in [-0.4, -0.2) is 30.9 Å². The zero-order valence-corrected chi connectivity index (χ0v) is 34.7. The van der Waals surface area contributed by atoms with Gasteiger partial charge in [0.2, 0.25) is 11.8 Å². The van der Waals surface area contributed by atoms with Crippen molar-refractivity contribution >= 4 is 34.1 Å². The zero-order valence-electron chi connectivity index (χ0n) is 33.9. The quantitative estimate of drug-likeness (QED) is 0.0464. The Morgan fingerprint density at radius 2 is 1.08 bits per heavy atom. The van der Waals surface area contributed by atoms with Crippen LogP contribution in [0.3, 0.4) is 0 Å². The molecule has 0 bridgehead atoms. The maximum atomic E-state index is 13.8. The molecule has 0 aromatic carbocycles. The molecule has 0 saturated carbocycles. The van der Waals surface area contributed by atoms with Crippen molar-refractivity contribution in [1.29, 1.82) is 0 Å². The van der Waals surface area contributed by atoms with Gasteiger partial charge in [-0.15, -0.1) is 11.3 Å². The Hall–Kier alpha value is -2.77. The lowest BCUT2D eigenvalue weighted by molar-refractivity contribution is -0.126. The Balaban J connectivity index is 1.85. The predicted molar refractivity (Wildman–Crippen MR) is 227 cm³/mol. The molecule has 1 aliphatic heterocycles. The summed E-state index contributed by atoms with van der Waals surface area (Å²) >= 11 is 1.41. The van der Waals surface area contributed by atoms with Gasteiger partial charge in [-0.25, -0.2) is 9.69 Å². The Morgan fingerprint density at radius 1 is 0.623 bits per heavy atom. The van der Waals surface area contributed by atoms with E-state index in [4.69, 9.17) is 4.74 Å². The summed E-state index contributed by atoms with van der Waals surface area (Å²) in [5.74, 6) is -0.817. The number of nitrogens with one attached hydrogen (secondary N) is 1. The number of thiophene rings is 1. The fourth-order valence-electron chi connectivity index (χ4n) is 6.66. The topological polar surface area (TPSA) is 75.7 Å². The second-order valence-electron chi connectivity index (χ2n) is 14.4. The molecule has 2 amide bonds. The summed E-state index contributed by atoms with van der Waals surface area (Å²) in [5, 5.41) is 3.84. The van der Waals surface area contributed by atoms with E-state index in [2.05, 4.69) is 67.8 Å². The molecular formula is C46H74N2O4S. The second kappa shape index (κ2) is 31.6. The maximum absolute atomic E-state index is 13.8. The van der Waals surface area contributed by atoms with E-state index in [0.29, 0.717) is 36.4 Å². The van der Waals surface area contributed by atoms with Gasteiger partial charge in [-0.2, -0.15) is 0 Å². The summed E-state index contributed by atoms with van der Waals surface area (Å²) < 4.78 is 5.47. The van der Waals surface area contributed by atoms with Crippen molar-refractivity contribution in [3.05, 3.63) is 64.6 Å². The molecule has 1 aromatic heterocycles. The monoisotopic (exact) mass is 751 g/mol. The van der Waals surface area contributed by atoms with Gasteiger partial charge in [0.05, 0.1) is 12.2 Å². The number of carbonyl (C=O) groups is 3. The second-order valence-corrected chi connectivity index (χ2v) is 15.5. The highest BCUT2D eigenvalue weighted by molar-refractivity contribution is 7.17. The summed E-state index contributed by atoms with van der Waals surface area (Å²) in [6.07, 6.45) is 44.0. The molecule has 2 heterocycles. The van der Waals surface area contributed by atoms with Gasteiger partial charge in [-0.1, -0.05) is 127 Å². The number of esters is 1. The van der Waals surface area contributed by atoms with Gasteiger partial charge in [-0.3, -0.25) is 9.59 Å². The molecule has 298 valence electrons. The van der Waals surface area contributed by atoms with Crippen molar-refractivity contribution in [3.8, 4) is 0 Å². The SMILES string of the molecule is CCCCC/C=C\C/C=C\CCCCCCCC(=O)N(C(=O)CCCCCCC/C=C\C/C=C\CCCCC)c1sc2c(c1C(=O)OCC)CCNC2. The van der Waals surface area contributed by atoms with Crippen LogP contribution in [0.2, 0.25) is 0 Å². The van der Waals surface area contributed by atoms with Crippen molar-refractivity contribution in [1.82, 2.24) is 5.32 Å². The van der Waals surface area contributed by atoms with Crippen LogP contribution in [0.1, 0.15) is 196 Å². The number of allylic oxidation sites excluding steroid dienone is 8. The zero-order chi connectivity index (χ0) is 38.2. The minimum Gasteiger partial charge on any atom is -0.462 e. The first-order chi connectivity index (χ1) is 26.0. The van der Waals surface area contributed by atoms with E-state index in [-0.39, 0.29) is 18.4 Å². The molecule has 1 aromatic rings. The number of imide groups is 1. The molecule has 0 aliphatic carbocycles. The fourth-order valence-corrected chi connectivity index (χ4v) is 7.99. The Labute approximate surface area is 328 Å². The Kier molecular flexibility index (Phi) is 27.6. The van der Waals surface area contributed by atoms with E-state index in [1.165, 1.54) is 67.6 Å². The van der Waals surface area contributed by atoms with Crippen LogP contribution in [0, 0.1) is 0 Å². The minimum atomic E-state index is -0.429. The minimum absolute atomic E-state index is 0.194. The number of hydrogen-bond donors (Lipinski definition) is 1. The summed E-state index contributed by atoms with van der Waals surface area (Å²) in [6, 6.07) is 0. The molecule has 1 N–H and O–H groups in total. The first-order valence-electron chi connectivity index (χ1n) is 21.5. The number of amides is 2. The van der Waals surface area contributed by atoms with E-state index in [9.17, 15) is 14.4 Å². The maximum Gasteiger partial charge on any atom is 0.341 e. The van der Waals surface area contributed by atoms with Crippen LogP contribution in [0.4, 0.5) is 5.00 Å². The molecular weight excluding hydrogens is 677 g/mol. The molecule has 1 aliphatic rings. The Bertz CT molecular complexity index is 1200. The molecule has 7 heteroatoms. The number of carbonyl (C=O) groups excluding carboxylic acids is 3. The van der Waals surface area contributed by atoms with Crippen LogP contribution in [-0.2, 0) is 27.3 Å². The number of anilines is 1. The van der Waals surface area contributed by atoms with E-state index in [1.54, 1.807) is 6.92 Å². The van der Waals surface area contributed by atoms with E-state index in [1.807, 2.05) is 0 Å². The molecule has 2 rings (SSSR count). The van der Waals surface area contributed by atoms with Crippen LogP contribution < -0.4 is 10.2 Å². The van der Waals surface area contributed by atoms with Gasteiger partial charge in [0.25, 0.3) is 0 Å². The molecule has 53 heavy (non-hydrogen) atoms. The molecule has 0 atom stereocenters. The standard InChI is InChI=1S/C46H74N2O4S/c1-4-7-9-11-13-15-17-19-21-23-25-27-29-31-33-35-42(49)48(45-44(46(51)52-6-3)40-37-38-47-39-41(40)53-45)43(50)36-34-32-30-28-26-24-22-20-18-16-14-12-10-8-5-2/h13-16,19-22,47H,4-12,17-18,23-39H2,1-3H3/b15-13-,16-14-,21-19-,22-20-. The van der Waals surface area contributed by atoms with E-state index < -0.39 is 5.97 Å². The lowest BCUT2D eigenvalue weighted by Crippen LogP contribution is -2.37. The predicted octanol–water partition coefficient (Wildman–Crippen LogP) is 13.1. The lowest BCUT2D eigenvalue weighted by atomic mass is 10.0. The van der Waals surface area contributed by atoms with Crippen molar-refractivity contribution in [2.24, 2.45) is 0 Å². The van der Waals surface area contributed by atoms with Crippen molar-refractivity contribution in [2.75, 3.05) is 18.1 Å². The van der Waals surface area contributed by atoms with Gasteiger partial charge < -0.3 is 10.1 Å². The number of fused-ring (bicyclic) bond motifs is 1. The van der Waals surface area contributed by atoms with Crippen LogP contribution in [0.5, 0.6) is 0 Å². The normalized spacial score (nSPS) is 13.2.